The molecule has 0 N–H and O–H groups in total. The average Bonchev–Trinajstić information content (AvgIpc) is 2.73. The number of anilines is 1. The van der Waals surface area contributed by atoms with Crippen LogP contribution in [0.25, 0.3) is 0 Å². The predicted molar refractivity (Wildman–Crippen MR) is 67.2 cm³/mol. The number of halogens is 2. The van der Waals surface area contributed by atoms with Gasteiger partial charge in [0.25, 0.3) is 0 Å². The number of ether oxygens (including phenoxy) is 1. The minimum Gasteiger partial charge on any atom is -0.469 e. The Labute approximate surface area is 116 Å². The van der Waals surface area contributed by atoms with Crippen molar-refractivity contribution in [1.29, 1.82) is 0 Å². The van der Waals surface area contributed by atoms with Gasteiger partial charge in [0.05, 0.1) is 19.2 Å². The predicted octanol–water partition coefficient (Wildman–Crippen LogP) is 1.42. The molecule has 1 aliphatic rings. The van der Waals surface area contributed by atoms with E-state index in [0.717, 1.165) is 0 Å². The van der Waals surface area contributed by atoms with Gasteiger partial charge >= 0.3 is 5.97 Å². The molecule has 1 fully saturated rings. The molecule has 1 atom stereocenters. The molecule has 1 saturated heterocycles. The van der Waals surface area contributed by atoms with E-state index in [2.05, 4.69) is 30.6 Å². The van der Waals surface area contributed by atoms with Crippen LogP contribution in [0.2, 0.25) is 5.15 Å². The molecule has 2 rings (SSSR count). The van der Waals surface area contributed by atoms with Gasteiger partial charge in [-0.2, -0.15) is 0 Å². The Balaban J connectivity index is 2.27. The molecule has 1 aromatic rings. The molecule has 1 aromatic heterocycles. The van der Waals surface area contributed by atoms with Crippen molar-refractivity contribution in [3.05, 3.63) is 16.0 Å². The maximum atomic E-state index is 11.9. The first-order valence-electron chi connectivity index (χ1n) is 5.09. The number of esters is 1. The van der Waals surface area contributed by atoms with Gasteiger partial charge < -0.3 is 4.74 Å². The van der Waals surface area contributed by atoms with Gasteiger partial charge in [0.2, 0.25) is 5.91 Å². The van der Waals surface area contributed by atoms with Gasteiger partial charge in [-0.05, 0) is 15.9 Å². The minimum atomic E-state index is -0.477. The van der Waals surface area contributed by atoms with Crippen molar-refractivity contribution in [3.8, 4) is 0 Å². The maximum absolute atomic E-state index is 11.9. The van der Waals surface area contributed by atoms with Crippen molar-refractivity contribution in [2.75, 3.05) is 18.6 Å². The Morgan fingerprint density at radius 3 is 3.06 bits per heavy atom. The number of carbonyl (C=O) groups is 2. The largest absolute Gasteiger partial charge is 0.469 e. The molecule has 1 amide bonds. The number of nitrogens with zero attached hydrogens (tertiary/aromatic N) is 3. The lowest BCUT2D eigenvalue weighted by Gasteiger charge is -2.16. The van der Waals surface area contributed by atoms with Crippen LogP contribution in [0.4, 0.5) is 5.82 Å². The third-order valence-corrected chi connectivity index (χ3v) is 3.34. The van der Waals surface area contributed by atoms with E-state index in [1.165, 1.54) is 18.2 Å². The fourth-order valence-electron chi connectivity index (χ4n) is 1.75. The number of hydrogen-bond acceptors (Lipinski definition) is 5. The van der Waals surface area contributed by atoms with Crippen molar-refractivity contribution in [2.45, 2.75) is 6.42 Å². The standard InChI is InChI=1S/C10H9BrClN3O3/c1-18-10(17)5-2-7(16)15(4-5)9-8(11)13-3-6(12)14-9/h3,5H,2,4H2,1H3. The van der Waals surface area contributed by atoms with Crippen LogP contribution in [-0.4, -0.2) is 35.5 Å². The topological polar surface area (TPSA) is 72.4 Å². The van der Waals surface area contributed by atoms with E-state index in [-0.39, 0.29) is 24.0 Å². The smallest absolute Gasteiger partial charge is 0.311 e. The zero-order valence-electron chi connectivity index (χ0n) is 9.39. The van der Waals surface area contributed by atoms with Crippen molar-refractivity contribution < 1.29 is 14.3 Å². The zero-order valence-corrected chi connectivity index (χ0v) is 11.7. The van der Waals surface area contributed by atoms with Crippen molar-refractivity contribution >= 4 is 45.2 Å². The van der Waals surface area contributed by atoms with Gasteiger partial charge in [-0.1, -0.05) is 11.6 Å². The fraction of sp³-hybridized carbons (Fsp3) is 0.400. The summed E-state index contributed by atoms with van der Waals surface area (Å²) in [6.45, 7) is 0.221. The number of carbonyl (C=O) groups excluding carboxylic acids is 2. The molecule has 6 nitrogen and oxygen atoms in total. The molecular formula is C10H9BrClN3O3. The second-order valence-electron chi connectivity index (χ2n) is 3.74. The van der Waals surface area contributed by atoms with Crippen LogP contribution in [0.3, 0.4) is 0 Å². The molecule has 1 unspecified atom stereocenters. The highest BCUT2D eigenvalue weighted by atomic mass is 79.9. The summed E-state index contributed by atoms with van der Waals surface area (Å²) in [5, 5.41) is 0.183. The van der Waals surface area contributed by atoms with Gasteiger partial charge in [0.1, 0.15) is 9.76 Å². The second kappa shape index (κ2) is 5.19. The van der Waals surface area contributed by atoms with Crippen molar-refractivity contribution in [2.24, 2.45) is 5.92 Å². The van der Waals surface area contributed by atoms with Gasteiger partial charge in [-0.15, -0.1) is 0 Å². The SMILES string of the molecule is COC(=O)C1CC(=O)N(c2nc(Cl)cnc2Br)C1. The molecule has 2 heterocycles. The van der Waals surface area contributed by atoms with Crippen LogP contribution in [0.15, 0.2) is 10.8 Å². The number of aromatic nitrogens is 2. The van der Waals surface area contributed by atoms with E-state index in [0.29, 0.717) is 10.4 Å². The van der Waals surface area contributed by atoms with E-state index in [1.54, 1.807) is 0 Å². The molecular weight excluding hydrogens is 325 g/mol. The van der Waals surface area contributed by atoms with Crippen LogP contribution >= 0.6 is 27.5 Å². The number of rotatable bonds is 2. The Morgan fingerprint density at radius 2 is 2.39 bits per heavy atom. The third-order valence-electron chi connectivity index (χ3n) is 2.60. The van der Waals surface area contributed by atoms with E-state index in [4.69, 9.17) is 11.6 Å². The van der Waals surface area contributed by atoms with Crippen LogP contribution in [0.1, 0.15) is 6.42 Å². The summed E-state index contributed by atoms with van der Waals surface area (Å²) in [6, 6.07) is 0. The molecule has 0 aromatic carbocycles. The number of methoxy groups -OCH3 is 1. The minimum absolute atomic E-state index is 0.104. The lowest BCUT2D eigenvalue weighted by molar-refractivity contribution is -0.145. The summed E-state index contributed by atoms with van der Waals surface area (Å²) in [4.78, 5) is 32.6. The first-order chi connectivity index (χ1) is 8.52. The quantitative estimate of drug-likeness (QED) is 0.765. The molecule has 1 aliphatic heterocycles. The molecule has 96 valence electrons. The second-order valence-corrected chi connectivity index (χ2v) is 4.87. The van der Waals surface area contributed by atoms with Gasteiger partial charge in [0.15, 0.2) is 5.82 Å². The van der Waals surface area contributed by atoms with Crippen molar-refractivity contribution in [1.82, 2.24) is 9.97 Å². The molecule has 0 spiro atoms. The summed E-state index contributed by atoms with van der Waals surface area (Å²) in [7, 11) is 1.30. The molecule has 0 bridgehead atoms. The normalized spacial score (nSPS) is 19.2. The van der Waals surface area contributed by atoms with Crippen LogP contribution in [-0.2, 0) is 14.3 Å². The Morgan fingerprint density at radius 1 is 1.67 bits per heavy atom. The van der Waals surface area contributed by atoms with Gasteiger partial charge in [-0.25, -0.2) is 9.97 Å². The summed E-state index contributed by atoms with van der Waals surface area (Å²) < 4.78 is 5.04. The van der Waals surface area contributed by atoms with E-state index in [9.17, 15) is 9.59 Å². The van der Waals surface area contributed by atoms with Gasteiger partial charge in [0, 0.05) is 13.0 Å². The number of amides is 1. The van der Waals surface area contributed by atoms with Crippen LogP contribution in [0, 0.1) is 5.92 Å². The Bertz CT molecular complexity index is 511. The Kier molecular flexibility index (Phi) is 3.82. The molecule has 0 radical (unpaired) electrons. The highest BCUT2D eigenvalue weighted by Gasteiger charge is 2.37. The fourth-order valence-corrected chi connectivity index (χ4v) is 2.29. The van der Waals surface area contributed by atoms with E-state index >= 15 is 0 Å². The highest BCUT2D eigenvalue weighted by Crippen LogP contribution is 2.29. The van der Waals surface area contributed by atoms with Crippen LogP contribution < -0.4 is 4.90 Å². The summed E-state index contributed by atoms with van der Waals surface area (Å²) >= 11 is 8.94. The monoisotopic (exact) mass is 333 g/mol. The lowest BCUT2D eigenvalue weighted by atomic mass is 10.1. The maximum Gasteiger partial charge on any atom is 0.311 e. The van der Waals surface area contributed by atoms with E-state index in [1.807, 2.05) is 0 Å². The lowest BCUT2D eigenvalue weighted by Crippen LogP contribution is -2.27. The zero-order chi connectivity index (χ0) is 13.3. The van der Waals surface area contributed by atoms with Crippen molar-refractivity contribution in [3.63, 3.8) is 0 Å². The molecule has 8 heteroatoms. The highest BCUT2D eigenvalue weighted by molar-refractivity contribution is 9.10. The molecule has 0 aliphatic carbocycles. The summed E-state index contributed by atoms with van der Waals surface area (Å²) in [6.07, 6.45) is 1.47. The average molecular weight is 335 g/mol. The molecule has 18 heavy (non-hydrogen) atoms. The summed E-state index contributed by atoms with van der Waals surface area (Å²) in [5.41, 5.74) is 0. The number of hydrogen-bond donors (Lipinski definition) is 0. The first-order valence-corrected chi connectivity index (χ1v) is 6.26. The first kappa shape index (κ1) is 13.2. The third kappa shape index (κ3) is 2.46. The van der Waals surface area contributed by atoms with Gasteiger partial charge in [-0.3, -0.25) is 14.5 Å². The summed E-state index contributed by atoms with van der Waals surface area (Å²) in [5.74, 6) is -0.770. The van der Waals surface area contributed by atoms with E-state index < -0.39 is 11.9 Å². The Hall–Kier alpha value is -1.21. The molecule has 0 saturated carbocycles. The van der Waals surface area contributed by atoms with Crippen LogP contribution in [0.5, 0.6) is 0 Å².